The van der Waals surface area contributed by atoms with E-state index in [2.05, 4.69) is 4.99 Å². The predicted molar refractivity (Wildman–Crippen MR) is 49.7 cm³/mol. The normalized spacial score (nSPS) is 24.6. The number of rotatable bonds is 0. The third-order valence-corrected chi connectivity index (χ3v) is 2.22. The van der Waals surface area contributed by atoms with E-state index in [0.717, 1.165) is 0 Å². The number of aliphatic imine (C=N–C) groups is 1. The number of halogens is 3. The van der Waals surface area contributed by atoms with Crippen LogP contribution in [0.25, 0.3) is 0 Å². The van der Waals surface area contributed by atoms with E-state index in [1.54, 1.807) is 6.08 Å². The maximum absolute atomic E-state index is 12.5. The molecule has 0 fully saturated rings. The molecule has 1 unspecified atom stereocenters. The third-order valence-electron chi connectivity index (χ3n) is 2.22. The SMILES string of the molecule is N[N+]1=C(C(F)(F)F)N=C2C=CC=CC2C1=O. The van der Waals surface area contributed by atoms with Gasteiger partial charge in [0, 0.05) is 0 Å². The highest BCUT2D eigenvalue weighted by Gasteiger charge is 2.51. The van der Waals surface area contributed by atoms with Crippen LogP contribution in [-0.2, 0) is 4.79 Å². The summed E-state index contributed by atoms with van der Waals surface area (Å²) in [5.41, 5.74) is 0.0570. The first-order valence-electron chi connectivity index (χ1n) is 4.37. The molecule has 0 spiro atoms. The zero-order valence-electron chi connectivity index (χ0n) is 7.90. The van der Waals surface area contributed by atoms with Gasteiger partial charge in [-0.15, -0.1) is 0 Å². The van der Waals surface area contributed by atoms with Crippen LogP contribution >= 0.6 is 0 Å². The van der Waals surface area contributed by atoms with Gasteiger partial charge in [0.05, 0.1) is 0 Å². The fourth-order valence-corrected chi connectivity index (χ4v) is 1.48. The Balaban J connectivity index is 2.53. The molecule has 1 heterocycles. The molecule has 1 atom stereocenters. The Kier molecular flexibility index (Phi) is 2.18. The lowest BCUT2D eigenvalue weighted by atomic mass is 9.96. The third kappa shape index (κ3) is 1.54. The quantitative estimate of drug-likeness (QED) is 0.375. The summed E-state index contributed by atoms with van der Waals surface area (Å²) in [5.74, 6) is 2.04. The molecule has 84 valence electrons. The number of hydrazine groups is 1. The van der Waals surface area contributed by atoms with E-state index in [9.17, 15) is 18.0 Å². The van der Waals surface area contributed by atoms with Crippen molar-refractivity contribution in [3.05, 3.63) is 24.3 Å². The fourth-order valence-electron chi connectivity index (χ4n) is 1.48. The lowest BCUT2D eigenvalue weighted by Gasteiger charge is -2.15. The summed E-state index contributed by atoms with van der Waals surface area (Å²) >= 11 is 0. The highest BCUT2D eigenvalue weighted by Crippen LogP contribution is 2.23. The van der Waals surface area contributed by atoms with Crippen molar-refractivity contribution in [2.24, 2.45) is 16.8 Å². The summed E-state index contributed by atoms with van der Waals surface area (Å²) in [6.45, 7) is 0. The van der Waals surface area contributed by atoms with Gasteiger partial charge in [-0.1, -0.05) is 22.9 Å². The number of nitrogens with zero attached hydrogens (tertiary/aromatic N) is 2. The number of amidine groups is 1. The van der Waals surface area contributed by atoms with Crippen molar-refractivity contribution in [3.8, 4) is 0 Å². The van der Waals surface area contributed by atoms with Crippen molar-refractivity contribution in [2.75, 3.05) is 0 Å². The number of hydrazone groups is 1. The van der Waals surface area contributed by atoms with Gasteiger partial charge in [0.15, 0.2) is 5.71 Å². The van der Waals surface area contributed by atoms with Gasteiger partial charge >= 0.3 is 17.9 Å². The predicted octanol–water partition coefficient (Wildman–Crippen LogP) is 0.557. The number of alkyl halides is 3. The topological polar surface area (TPSA) is 58.5 Å². The molecule has 0 aromatic heterocycles. The van der Waals surface area contributed by atoms with Crippen molar-refractivity contribution >= 4 is 17.5 Å². The molecule has 1 aliphatic heterocycles. The number of nitrogens with two attached hydrogens (primary N) is 1. The molecule has 0 saturated heterocycles. The van der Waals surface area contributed by atoms with Crippen molar-refractivity contribution < 1.29 is 22.7 Å². The molecule has 16 heavy (non-hydrogen) atoms. The molecule has 1 amide bonds. The number of allylic oxidation sites excluding steroid dienone is 3. The van der Waals surface area contributed by atoms with E-state index >= 15 is 0 Å². The summed E-state index contributed by atoms with van der Waals surface area (Å²) in [4.78, 5) is 14.9. The van der Waals surface area contributed by atoms with Gasteiger partial charge in [0.2, 0.25) is 0 Å². The van der Waals surface area contributed by atoms with Crippen LogP contribution in [-0.4, -0.2) is 28.3 Å². The van der Waals surface area contributed by atoms with Gasteiger partial charge in [-0.3, -0.25) is 5.84 Å². The number of amides is 1. The van der Waals surface area contributed by atoms with Gasteiger partial charge in [-0.05, 0) is 11.1 Å². The van der Waals surface area contributed by atoms with Gasteiger partial charge in [-0.25, -0.2) is 4.79 Å². The van der Waals surface area contributed by atoms with Crippen LogP contribution < -0.4 is 5.84 Å². The van der Waals surface area contributed by atoms with E-state index in [1.807, 2.05) is 0 Å². The number of fused-ring (bicyclic) bond motifs is 1. The summed E-state index contributed by atoms with van der Waals surface area (Å²) < 4.78 is 37.4. The molecule has 0 bridgehead atoms. The Labute approximate surface area is 88.2 Å². The molecule has 1 aliphatic carbocycles. The molecular weight excluding hydrogens is 223 g/mol. The van der Waals surface area contributed by atoms with E-state index < -0.39 is 23.8 Å². The first-order valence-corrected chi connectivity index (χ1v) is 4.37. The average molecular weight is 230 g/mol. The Morgan fingerprint density at radius 1 is 1.38 bits per heavy atom. The Morgan fingerprint density at radius 3 is 2.69 bits per heavy atom. The Bertz CT molecular complexity index is 471. The maximum Gasteiger partial charge on any atom is 0.501 e. The number of hydrogen-bond acceptors (Lipinski definition) is 3. The van der Waals surface area contributed by atoms with Gasteiger partial charge < -0.3 is 0 Å². The summed E-state index contributed by atoms with van der Waals surface area (Å²) in [6.07, 6.45) is 1.16. The molecule has 0 aromatic carbocycles. The zero-order valence-corrected chi connectivity index (χ0v) is 7.90. The summed E-state index contributed by atoms with van der Waals surface area (Å²) in [7, 11) is 0. The molecule has 0 saturated carbocycles. The zero-order chi connectivity index (χ0) is 11.9. The first-order chi connectivity index (χ1) is 7.41. The summed E-state index contributed by atoms with van der Waals surface area (Å²) in [5, 5.41) is 0. The first kappa shape index (κ1) is 10.6. The molecular formula is C9H7F3N3O+. The summed E-state index contributed by atoms with van der Waals surface area (Å²) in [6, 6.07) is 0. The standard InChI is InChI=1S/C9H7F3N3O/c10-9(11,12)8-14-6-4-2-1-3-5(6)7(16)15(8)13/h1-5H,13H2/q+1. The van der Waals surface area contributed by atoms with Gasteiger partial charge in [-0.2, -0.15) is 13.2 Å². The molecule has 7 heteroatoms. The van der Waals surface area contributed by atoms with E-state index in [1.165, 1.54) is 18.2 Å². The second-order valence-electron chi connectivity index (χ2n) is 3.29. The smallest absolute Gasteiger partial charge is 0.266 e. The maximum atomic E-state index is 12.5. The molecule has 0 aromatic rings. The van der Waals surface area contributed by atoms with Crippen LogP contribution in [0.3, 0.4) is 0 Å². The highest BCUT2D eigenvalue weighted by molar-refractivity contribution is 6.17. The van der Waals surface area contributed by atoms with Crippen molar-refractivity contribution in [1.29, 1.82) is 0 Å². The minimum Gasteiger partial charge on any atom is -0.266 e. The number of hydrogen-bond donors (Lipinski definition) is 1. The van der Waals surface area contributed by atoms with E-state index in [0.29, 0.717) is 0 Å². The van der Waals surface area contributed by atoms with E-state index in [4.69, 9.17) is 5.84 Å². The van der Waals surface area contributed by atoms with E-state index in [-0.39, 0.29) is 10.4 Å². The average Bonchev–Trinajstić information content (AvgIpc) is 2.22. The monoisotopic (exact) mass is 230 g/mol. The van der Waals surface area contributed by atoms with Crippen LogP contribution in [0, 0.1) is 5.92 Å². The largest absolute Gasteiger partial charge is 0.501 e. The fraction of sp³-hybridized carbons (Fsp3) is 0.222. The Morgan fingerprint density at radius 2 is 2.06 bits per heavy atom. The van der Waals surface area contributed by atoms with Crippen LogP contribution in [0.5, 0.6) is 0 Å². The molecule has 4 nitrogen and oxygen atoms in total. The Hall–Kier alpha value is -1.92. The van der Waals surface area contributed by atoms with Crippen molar-refractivity contribution in [1.82, 2.24) is 0 Å². The van der Waals surface area contributed by atoms with Gasteiger partial charge in [0.25, 0.3) is 0 Å². The second kappa shape index (κ2) is 3.29. The number of carbonyl (C=O) groups excluding carboxylic acids is 1. The lowest BCUT2D eigenvalue weighted by molar-refractivity contribution is -0.471. The van der Waals surface area contributed by atoms with Gasteiger partial charge in [0.1, 0.15) is 5.92 Å². The number of carbonyl (C=O) groups is 1. The van der Waals surface area contributed by atoms with Crippen molar-refractivity contribution in [3.63, 3.8) is 0 Å². The minimum absolute atomic E-state index is 0.0532. The van der Waals surface area contributed by atoms with Crippen LogP contribution in [0.1, 0.15) is 0 Å². The molecule has 0 radical (unpaired) electrons. The molecule has 2 rings (SSSR count). The molecule has 2 N–H and O–H groups in total. The minimum atomic E-state index is -4.74. The van der Waals surface area contributed by atoms with Crippen molar-refractivity contribution in [2.45, 2.75) is 6.18 Å². The van der Waals surface area contributed by atoms with Crippen LogP contribution in [0.4, 0.5) is 13.2 Å². The van der Waals surface area contributed by atoms with Crippen LogP contribution in [0.15, 0.2) is 29.3 Å². The lowest BCUT2D eigenvalue weighted by Crippen LogP contribution is -2.48. The van der Waals surface area contributed by atoms with Crippen LogP contribution in [0.2, 0.25) is 0 Å². The second-order valence-corrected chi connectivity index (χ2v) is 3.29. The highest BCUT2D eigenvalue weighted by atomic mass is 19.4. The molecule has 2 aliphatic rings.